The smallest absolute Gasteiger partial charge is 0.259 e. The van der Waals surface area contributed by atoms with Crippen molar-refractivity contribution in [2.75, 3.05) is 12.4 Å². The van der Waals surface area contributed by atoms with Gasteiger partial charge in [-0.05, 0) is 37.6 Å². The molecule has 0 radical (unpaired) electrons. The Kier molecular flexibility index (Phi) is 4.43. The maximum Gasteiger partial charge on any atom is 0.259 e. The predicted octanol–water partition coefficient (Wildman–Crippen LogP) is 3.46. The van der Waals surface area contributed by atoms with Crippen LogP contribution in [0.1, 0.15) is 21.6 Å². The standard InChI is InChI=1S/C19H19N3O3/c1-12-8-9-14(10-17(12)23)21-19(24)15-11-20-22(13(15)2)16-6-4-5-7-18(16)25-3/h4-11,23H,1-3H3,(H,21,24). The van der Waals surface area contributed by atoms with E-state index in [1.165, 1.54) is 12.3 Å². The number of hydrogen-bond donors (Lipinski definition) is 2. The lowest BCUT2D eigenvalue weighted by atomic mass is 10.2. The highest BCUT2D eigenvalue weighted by atomic mass is 16.5. The molecule has 3 rings (SSSR count). The van der Waals surface area contributed by atoms with Gasteiger partial charge in [0.25, 0.3) is 5.91 Å². The minimum Gasteiger partial charge on any atom is -0.508 e. The number of hydrogen-bond acceptors (Lipinski definition) is 4. The monoisotopic (exact) mass is 337 g/mol. The van der Waals surface area contributed by atoms with E-state index in [0.29, 0.717) is 22.7 Å². The van der Waals surface area contributed by atoms with Crippen LogP contribution in [0, 0.1) is 13.8 Å². The molecule has 0 aliphatic carbocycles. The van der Waals surface area contributed by atoms with Gasteiger partial charge in [-0.1, -0.05) is 18.2 Å². The molecule has 0 fully saturated rings. The highest BCUT2D eigenvalue weighted by Gasteiger charge is 2.17. The number of phenolic OH excluding ortho intramolecular Hbond substituents is 1. The number of ether oxygens (including phenoxy) is 1. The van der Waals surface area contributed by atoms with E-state index in [4.69, 9.17) is 4.74 Å². The molecule has 0 aliphatic rings. The Morgan fingerprint density at radius 2 is 1.96 bits per heavy atom. The van der Waals surface area contributed by atoms with Crippen LogP contribution in [0.15, 0.2) is 48.7 Å². The highest BCUT2D eigenvalue weighted by Crippen LogP contribution is 2.25. The second-order valence-electron chi connectivity index (χ2n) is 5.68. The number of rotatable bonds is 4. The number of anilines is 1. The summed E-state index contributed by atoms with van der Waals surface area (Å²) in [5, 5.41) is 16.9. The van der Waals surface area contributed by atoms with Crippen LogP contribution in [-0.4, -0.2) is 27.9 Å². The van der Waals surface area contributed by atoms with Crippen molar-refractivity contribution in [2.45, 2.75) is 13.8 Å². The lowest BCUT2D eigenvalue weighted by molar-refractivity contribution is 0.102. The van der Waals surface area contributed by atoms with Gasteiger partial charge in [0.15, 0.2) is 0 Å². The number of aromatic hydroxyl groups is 1. The van der Waals surface area contributed by atoms with E-state index in [1.807, 2.05) is 31.2 Å². The maximum absolute atomic E-state index is 12.6. The summed E-state index contributed by atoms with van der Waals surface area (Å²) < 4.78 is 7.02. The number of nitrogens with zero attached hydrogens (tertiary/aromatic N) is 2. The predicted molar refractivity (Wildman–Crippen MR) is 95.7 cm³/mol. The molecule has 2 aromatic carbocycles. The minimum atomic E-state index is -0.290. The van der Waals surface area contributed by atoms with Gasteiger partial charge in [-0.2, -0.15) is 5.10 Å². The number of methoxy groups -OCH3 is 1. The van der Waals surface area contributed by atoms with Crippen molar-refractivity contribution in [3.05, 3.63) is 65.5 Å². The van der Waals surface area contributed by atoms with Gasteiger partial charge in [-0.15, -0.1) is 0 Å². The van der Waals surface area contributed by atoms with Gasteiger partial charge in [0.1, 0.15) is 17.2 Å². The second kappa shape index (κ2) is 6.68. The third-order valence-electron chi connectivity index (χ3n) is 4.03. The van der Waals surface area contributed by atoms with Crippen molar-refractivity contribution in [3.63, 3.8) is 0 Å². The van der Waals surface area contributed by atoms with Crippen LogP contribution in [0.4, 0.5) is 5.69 Å². The second-order valence-corrected chi connectivity index (χ2v) is 5.68. The first-order valence-electron chi connectivity index (χ1n) is 7.80. The van der Waals surface area contributed by atoms with Gasteiger partial charge in [-0.25, -0.2) is 4.68 Å². The van der Waals surface area contributed by atoms with E-state index in [2.05, 4.69) is 10.4 Å². The van der Waals surface area contributed by atoms with Crippen LogP contribution in [0.2, 0.25) is 0 Å². The number of nitrogens with one attached hydrogen (secondary N) is 1. The molecule has 0 bridgehead atoms. The van der Waals surface area contributed by atoms with Gasteiger partial charge >= 0.3 is 0 Å². The first kappa shape index (κ1) is 16.6. The molecule has 1 aromatic heterocycles. The van der Waals surface area contributed by atoms with Crippen molar-refractivity contribution in [3.8, 4) is 17.2 Å². The fourth-order valence-corrected chi connectivity index (χ4v) is 2.57. The molecule has 0 spiro atoms. The van der Waals surface area contributed by atoms with Crippen molar-refractivity contribution in [2.24, 2.45) is 0 Å². The van der Waals surface area contributed by atoms with Gasteiger partial charge in [0, 0.05) is 11.8 Å². The zero-order chi connectivity index (χ0) is 18.0. The lowest BCUT2D eigenvalue weighted by Gasteiger charge is -2.10. The molecule has 1 heterocycles. The largest absolute Gasteiger partial charge is 0.508 e. The molecule has 6 heteroatoms. The van der Waals surface area contributed by atoms with Gasteiger partial charge in [0.2, 0.25) is 0 Å². The Hall–Kier alpha value is -3.28. The summed E-state index contributed by atoms with van der Waals surface area (Å²) in [5.74, 6) is 0.519. The Bertz CT molecular complexity index is 931. The van der Waals surface area contributed by atoms with Crippen molar-refractivity contribution >= 4 is 11.6 Å². The molecule has 0 saturated carbocycles. The van der Waals surface area contributed by atoms with Crippen LogP contribution >= 0.6 is 0 Å². The summed E-state index contributed by atoms with van der Waals surface area (Å²) in [7, 11) is 1.59. The fourth-order valence-electron chi connectivity index (χ4n) is 2.57. The lowest BCUT2D eigenvalue weighted by Crippen LogP contribution is -2.13. The van der Waals surface area contributed by atoms with Gasteiger partial charge in [-0.3, -0.25) is 4.79 Å². The summed E-state index contributed by atoms with van der Waals surface area (Å²) in [4.78, 5) is 12.6. The number of carbonyl (C=O) groups is 1. The number of para-hydroxylation sites is 2. The van der Waals surface area contributed by atoms with Crippen LogP contribution < -0.4 is 10.1 Å². The van der Waals surface area contributed by atoms with Crippen LogP contribution in [0.3, 0.4) is 0 Å². The minimum absolute atomic E-state index is 0.138. The maximum atomic E-state index is 12.6. The van der Waals surface area contributed by atoms with Crippen molar-refractivity contribution < 1.29 is 14.6 Å². The average Bonchev–Trinajstić information content (AvgIpc) is 2.99. The number of amides is 1. The first-order valence-corrected chi connectivity index (χ1v) is 7.80. The van der Waals surface area contributed by atoms with Crippen LogP contribution in [-0.2, 0) is 0 Å². The van der Waals surface area contributed by atoms with E-state index >= 15 is 0 Å². The van der Waals surface area contributed by atoms with Gasteiger partial charge < -0.3 is 15.2 Å². The Labute approximate surface area is 145 Å². The number of phenols is 1. The van der Waals surface area contributed by atoms with E-state index in [-0.39, 0.29) is 11.7 Å². The number of carbonyl (C=O) groups excluding carboxylic acids is 1. The Balaban J connectivity index is 1.90. The van der Waals surface area contributed by atoms with Crippen LogP contribution in [0.25, 0.3) is 5.69 Å². The molecule has 3 aromatic rings. The molecule has 0 aliphatic heterocycles. The van der Waals surface area contributed by atoms with Crippen molar-refractivity contribution in [1.29, 1.82) is 0 Å². The molecule has 128 valence electrons. The molecule has 6 nitrogen and oxygen atoms in total. The zero-order valence-corrected chi connectivity index (χ0v) is 14.3. The van der Waals surface area contributed by atoms with E-state index < -0.39 is 0 Å². The summed E-state index contributed by atoms with van der Waals surface area (Å²) >= 11 is 0. The Morgan fingerprint density at radius 1 is 1.20 bits per heavy atom. The highest BCUT2D eigenvalue weighted by molar-refractivity contribution is 6.05. The average molecular weight is 337 g/mol. The Morgan fingerprint density at radius 3 is 2.68 bits per heavy atom. The summed E-state index contributed by atoms with van der Waals surface area (Å²) in [6, 6.07) is 12.5. The van der Waals surface area contributed by atoms with E-state index in [9.17, 15) is 9.90 Å². The molecule has 0 unspecified atom stereocenters. The molecule has 1 amide bonds. The van der Waals surface area contributed by atoms with E-state index in [0.717, 1.165) is 11.3 Å². The molecule has 2 N–H and O–H groups in total. The number of aromatic nitrogens is 2. The summed E-state index contributed by atoms with van der Waals surface area (Å²) in [6.45, 7) is 3.61. The summed E-state index contributed by atoms with van der Waals surface area (Å²) in [5.41, 5.74) is 3.18. The number of aryl methyl sites for hydroxylation is 1. The van der Waals surface area contributed by atoms with Crippen LogP contribution in [0.5, 0.6) is 11.5 Å². The molecular weight excluding hydrogens is 318 g/mol. The van der Waals surface area contributed by atoms with Crippen molar-refractivity contribution in [1.82, 2.24) is 9.78 Å². The first-order chi connectivity index (χ1) is 12.0. The molecule has 0 atom stereocenters. The third kappa shape index (κ3) is 3.19. The van der Waals surface area contributed by atoms with Gasteiger partial charge in [0.05, 0.1) is 24.6 Å². The zero-order valence-electron chi connectivity index (χ0n) is 14.3. The quantitative estimate of drug-likeness (QED) is 0.764. The molecule has 0 saturated heterocycles. The molecular formula is C19H19N3O3. The topological polar surface area (TPSA) is 76.4 Å². The third-order valence-corrected chi connectivity index (χ3v) is 4.03. The number of benzene rings is 2. The fraction of sp³-hybridized carbons (Fsp3) is 0.158. The summed E-state index contributed by atoms with van der Waals surface area (Å²) in [6.07, 6.45) is 1.52. The SMILES string of the molecule is COc1ccccc1-n1ncc(C(=O)Nc2ccc(C)c(O)c2)c1C. The molecule has 25 heavy (non-hydrogen) atoms. The normalized spacial score (nSPS) is 10.5. The van der Waals surface area contributed by atoms with E-state index in [1.54, 1.807) is 30.8 Å².